The van der Waals surface area contributed by atoms with E-state index in [1.807, 2.05) is 0 Å². The van der Waals surface area contributed by atoms with E-state index in [0.29, 0.717) is 17.0 Å². The number of aromatic amines is 2. The highest BCUT2D eigenvalue weighted by molar-refractivity contribution is 7.22. The number of hydrogen-bond donors (Lipinski definition) is 3. The molecule has 0 saturated carbocycles. The maximum absolute atomic E-state index is 12.6. The van der Waals surface area contributed by atoms with E-state index in [1.165, 1.54) is 11.3 Å². The summed E-state index contributed by atoms with van der Waals surface area (Å²) < 4.78 is 6.61. The number of aromatic nitrogens is 3. The van der Waals surface area contributed by atoms with Crippen molar-refractivity contribution in [1.29, 1.82) is 0 Å². The Labute approximate surface area is 136 Å². The average molecular weight is 331 g/mol. The number of ether oxygens (including phenoxy) is 1. The van der Waals surface area contributed by atoms with Gasteiger partial charge in [0.25, 0.3) is 5.56 Å². The van der Waals surface area contributed by atoms with Gasteiger partial charge in [-0.1, -0.05) is 0 Å². The van der Waals surface area contributed by atoms with Crippen LogP contribution < -0.4 is 10.3 Å². The maximum atomic E-state index is 12.6. The largest absolute Gasteiger partial charge is 0.491 e. The van der Waals surface area contributed by atoms with E-state index < -0.39 is 5.60 Å². The second-order valence-electron chi connectivity index (χ2n) is 6.27. The molecule has 3 N–H and O–H groups in total. The van der Waals surface area contributed by atoms with E-state index in [-0.39, 0.29) is 5.56 Å². The van der Waals surface area contributed by atoms with E-state index in [2.05, 4.69) is 15.2 Å². The SMILES string of the molecule is CC(C)(O)c1[nH]c(=O)c2sc(-c3cn[nH]c3)c3c2c1CCCO3. The Morgan fingerprint density at radius 1 is 1.43 bits per heavy atom. The van der Waals surface area contributed by atoms with Gasteiger partial charge in [-0.15, -0.1) is 11.3 Å². The van der Waals surface area contributed by atoms with E-state index in [4.69, 9.17) is 4.74 Å². The Hall–Kier alpha value is -2.12. The highest BCUT2D eigenvalue weighted by Crippen LogP contribution is 2.46. The van der Waals surface area contributed by atoms with Crippen molar-refractivity contribution < 1.29 is 9.84 Å². The summed E-state index contributed by atoms with van der Waals surface area (Å²) in [6, 6.07) is 0. The number of pyridine rings is 1. The number of aryl methyl sites for hydroxylation is 1. The summed E-state index contributed by atoms with van der Waals surface area (Å²) in [6.07, 6.45) is 5.12. The molecule has 3 aromatic heterocycles. The van der Waals surface area contributed by atoms with Crippen molar-refractivity contribution in [1.82, 2.24) is 15.2 Å². The molecule has 0 fully saturated rings. The van der Waals surface area contributed by atoms with E-state index in [0.717, 1.165) is 40.0 Å². The Kier molecular flexibility index (Phi) is 3.11. The van der Waals surface area contributed by atoms with Crippen LogP contribution in [-0.2, 0) is 12.0 Å². The Balaban J connectivity index is 2.13. The van der Waals surface area contributed by atoms with Gasteiger partial charge in [-0.3, -0.25) is 9.89 Å². The fraction of sp³-hybridized carbons (Fsp3) is 0.375. The molecular weight excluding hydrogens is 314 g/mol. The Morgan fingerprint density at radius 2 is 2.26 bits per heavy atom. The lowest BCUT2D eigenvalue weighted by atomic mass is 9.94. The molecule has 120 valence electrons. The summed E-state index contributed by atoms with van der Waals surface area (Å²) in [4.78, 5) is 16.3. The number of aliphatic hydroxyl groups is 1. The van der Waals surface area contributed by atoms with Gasteiger partial charge < -0.3 is 14.8 Å². The molecule has 0 amide bonds. The maximum Gasteiger partial charge on any atom is 0.266 e. The third-order valence-electron chi connectivity index (χ3n) is 4.10. The van der Waals surface area contributed by atoms with Crippen LogP contribution in [0.3, 0.4) is 0 Å². The lowest BCUT2D eigenvalue weighted by molar-refractivity contribution is 0.0728. The number of hydrogen-bond acceptors (Lipinski definition) is 5. The van der Waals surface area contributed by atoms with E-state index in [1.54, 1.807) is 26.2 Å². The third-order valence-corrected chi connectivity index (χ3v) is 5.32. The average Bonchev–Trinajstić information content (AvgIpc) is 3.07. The molecule has 6 nitrogen and oxygen atoms in total. The smallest absolute Gasteiger partial charge is 0.266 e. The highest BCUT2D eigenvalue weighted by atomic mass is 32.1. The van der Waals surface area contributed by atoms with Crippen molar-refractivity contribution >= 4 is 21.4 Å². The van der Waals surface area contributed by atoms with Crippen LogP contribution in [0.5, 0.6) is 5.75 Å². The zero-order valence-corrected chi connectivity index (χ0v) is 13.7. The van der Waals surface area contributed by atoms with E-state index >= 15 is 0 Å². The molecule has 23 heavy (non-hydrogen) atoms. The molecule has 4 heterocycles. The van der Waals surface area contributed by atoms with Gasteiger partial charge in [0.05, 0.1) is 29.0 Å². The number of rotatable bonds is 2. The lowest BCUT2D eigenvalue weighted by Gasteiger charge is -2.21. The molecule has 0 saturated heterocycles. The summed E-state index contributed by atoms with van der Waals surface area (Å²) in [7, 11) is 0. The van der Waals surface area contributed by atoms with Gasteiger partial charge in [-0.2, -0.15) is 5.10 Å². The summed E-state index contributed by atoms with van der Waals surface area (Å²) in [6.45, 7) is 3.97. The van der Waals surface area contributed by atoms with E-state index in [9.17, 15) is 9.90 Å². The number of H-pyrrole nitrogens is 2. The quantitative estimate of drug-likeness (QED) is 0.673. The molecule has 1 aliphatic heterocycles. The first-order chi connectivity index (χ1) is 11.0. The van der Waals surface area contributed by atoms with Gasteiger partial charge in [0.1, 0.15) is 10.4 Å². The van der Waals surface area contributed by atoms with Crippen LogP contribution in [0.1, 0.15) is 31.5 Å². The van der Waals surface area contributed by atoms with Crippen molar-refractivity contribution in [3.63, 3.8) is 0 Å². The van der Waals surface area contributed by atoms with Crippen LogP contribution in [0, 0.1) is 0 Å². The Morgan fingerprint density at radius 3 is 2.96 bits per heavy atom. The molecule has 0 unspecified atom stereocenters. The Bertz CT molecular complexity index is 932. The first-order valence-electron chi connectivity index (χ1n) is 7.53. The summed E-state index contributed by atoms with van der Waals surface area (Å²) in [5.41, 5.74) is 1.16. The molecule has 4 rings (SSSR count). The predicted molar refractivity (Wildman–Crippen MR) is 89.1 cm³/mol. The second-order valence-corrected chi connectivity index (χ2v) is 7.29. The van der Waals surface area contributed by atoms with Crippen LogP contribution in [0.15, 0.2) is 17.2 Å². The summed E-state index contributed by atoms with van der Waals surface area (Å²) in [5, 5.41) is 18.1. The van der Waals surface area contributed by atoms with Gasteiger partial charge in [0.15, 0.2) is 0 Å². The molecular formula is C16H17N3O3S. The normalized spacial score (nSPS) is 14.7. The molecule has 0 radical (unpaired) electrons. The fourth-order valence-corrected chi connectivity index (χ4v) is 4.27. The van der Waals surface area contributed by atoms with Crippen LogP contribution in [0.4, 0.5) is 0 Å². The minimum absolute atomic E-state index is 0.188. The predicted octanol–water partition coefficient (Wildman–Crippen LogP) is 2.53. The topological polar surface area (TPSA) is 91.0 Å². The number of thiophene rings is 1. The molecule has 0 aromatic carbocycles. The highest BCUT2D eigenvalue weighted by Gasteiger charge is 2.29. The minimum Gasteiger partial charge on any atom is -0.491 e. The first kappa shape index (κ1) is 14.5. The van der Waals surface area contributed by atoms with Crippen molar-refractivity contribution in [2.24, 2.45) is 0 Å². The third kappa shape index (κ3) is 2.19. The van der Waals surface area contributed by atoms with Crippen LogP contribution >= 0.6 is 11.3 Å². The van der Waals surface area contributed by atoms with Crippen molar-refractivity contribution in [2.45, 2.75) is 32.3 Å². The van der Waals surface area contributed by atoms with Crippen molar-refractivity contribution in [2.75, 3.05) is 6.61 Å². The van der Waals surface area contributed by atoms with Gasteiger partial charge in [0.2, 0.25) is 0 Å². The molecule has 0 aliphatic carbocycles. The van der Waals surface area contributed by atoms with Gasteiger partial charge in [-0.25, -0.2) is 0 Å². The van der Waals surface area contributed by atoms with Crippen LogP contribution in [0.2, 0.25) is 0 Å². The summed E-state index contributed by atoms with van der Waals surface area (Å²) in [5.74, 6) is 0.732. The molecule has 1 aliphatic rings. The van der Waals surface area contributed by atoms with Crippen molar-refractivity contribution in [3.05, 3.63) is 34.0 Å². The van der Waals surface area contributed by atoms with Crippen LogP contribution in [-0.4, -0.2) is 26.9 Å². The molecule has 0 atom stereocenters. The van der Waals surface area contributed by atoms with Gasteiger partial charge >= 0.3 is 0 Å². The molecule has 0 bridgehead atoms. The molecule has 0 spiro atoms. The lowest BCUT2D eigenvalue weighted by Crippen LogP contribution is -2.24. The zero-order chi connectivity index (χ0) is 16.2. The fourth-order valence-electron chi connectivity index (χ4n) is 3.12. The first-order valence-corrected chi connectivity index (χ1v) is 8.35. The standard InChI is InChI=1S/C16H17N3O3S/c1-16(2,21)14-9-4-3-5-22-11-10(9)13(15(20)19-14)23-12(11)8-6-17-18-7-8/h6-7,21H,3-5H2,1-2H3,(H,17,18)(H,19,20). The molecule has 3 aromatic rings. The monoisotopic (exact) mass is 331 g/mol. The van der Waals surface area contributed by atoms with Gasteiger partial charge in [-0.05, 0) is 32.3 Å². The molecule has 7 heteroatoms. The number of nitrogens with one attached hydrogen (secondary N) is 2. The second kappa shape index (κ2) is 4.94. The summed E-state index contributed by atoms with van der Waals surface area (Å²) >= 11 is 1.41. The zero-order valence-electron chi connectivity index (χ0n) is 12.9. The van der Waals surface area contributed by atoms with Crippen molar-refractivity contribution in [3.8, 4) is 16.2 Å². The van der Waals surface area contributed by atoms with Gasteiger partial charge in [0, 0.05) is 17.1 Å². The number of nitrogens with zero attached hydrogens (tertiary/aromatic N) is 1. The van der Waals surface area contributed by atoms with Crippen LogP contribution in [0.25, 0.3) is 20.5 Å². The minimum atomic E-state index is -1.11.